The molecule has 0 heterocycles. The van der Waals surface area contributed by atoms with E-state index < -0.39 is 97.5 Å². The molecule has 98 heavy (non-hydrogen) atoms. The topological polar surface area (TPSA) is 237 Å². The molecule has 0 saturated heterocycles. The van der Waals surface area contributed by atoms with Crippen molar-refractivity contribution in [1.29, 1.82) is 0 Å². The second-order valence-corrected chi connectivity index (χ2v) is 31.9. The normalized spacial score (nSPS) is 14.4. The SMILES string of the molecule is CCCCCC/C=C\C=C/CCCCCCCC(=O)O[C@H](COC(=O)CCCCCCCCCCCCCCCCCCCCC(C)CC)COP(=O)(O)OC[C@@H](O)COP(=O)(O)OC[C@@H](COC(=O)CCCCCCCCC(C)C)OC(=O)CCCCCCCCCCCC(C)C. The highest BCUT2D eigenvalue weighted by atomic mass is 31.2. The predicted molar refractivity (Wildman–Crippen MR) is 400 cm³/mol. The van der Waals surface area contributed by atoms with Crippen molar-refractivity contribution in [3.05, 3.63) is 24.3 Å². The van der Waals surface area contributed by atoms with Gasteiger partial charge >= 0.3 is 39.5 Å². The van der Waals surface area contributed by atoms with E-state index in [0.717, 1.165) is 121 Å². The Morgan fingerprint density at radius 3 is 0.908 bits per heavy atom. The van der Waals surface area contributed by atoms with E-state index in [4.69, 9.17) is 37.0 Å². The first-order valence-electron chi connectivity index (χ1n) is 40.2. The zero-order chi connectivity index (χ0) is 72.3. The lowest BCUT2D eigenvalue weighted by Crippen LogP contribution is -2.30. The van der Waals surface area contributed by atoms with Crippen molar-refractivity contribution in [3.8, 4) is 0 Å². The van der Waals surface area contributed by atoms with Crippen molar-refractivity contribution < 1.29 is 80.2 Å². The minimum Gasteiger partial charge on any atom is -0.462 e. The molecule has 0 amide bonds. The summed E-state index contributed by atoms with van der Waals surface area (Å²) in [5.41, 5.74) is 0. The maximum Gasteiger partial charge on any atom is 0.472 e. The number of phosphoric acid groups is 2. The van der Waals surface area contributed by atoms with Gasteiger partial charge in [0.1, 0.15) is 19.3 Å². The van der Waals surface area contributed by atoms with Gasteiger partial charge in [-0.15, -0.1) is 0 Å². The van der Waals surface area contributed by atoms with Gasteiger partial charge in [0.05, 0.1) is 26.4 Å². The van der Waals surface area contributed by atoms with E-state index in [1.54, 1.807) is 0 Å². The van der Waals surface area contributed by atoms with Crippen LogP contribution in [-0.4, -0.2) is 96.7 Å². The van der Waals surface area contributed by atoms with Crippen molar-refractivity contribution in [1.82, 2.24) is 0 Å². The Bertz CT molecular complexity index is 2000. The smallest absolute Gasteiger partial charge is 0.462 e. The van der Waals surface area contributed by atoms with Gasteiger partial charge in [-0.1, -0.05) is 330 Å². The quantitative estimate of drug-likeness (QED) is 0.0169. The van der Waals surface area contributed by atoms with Gasteiger partial charge in [0, 0.05) is 25.7 Å². The summed E-state index contributed by atoms with van der Waals surface area (Å²) in [5.74, 6) is 0.136. The first-order chi connectivity index (χ1) is 47.3. The second kappa shape index (κ2) is 68.9. The van der Waals surface area contributed by atoms with Crippen molar-refractivity contribution in [2.45, 2.75) is 401 Å². The van der Waals surface area contributed by atoms with E-state index in [-0.39, 0.29) is 25.7 Å². The Labute approximate surface area is 599 Å². The molecular weight excluding hydrogens is 1280 g/mol. The number of esters is 4. The molecule has 3 N–H and O–H groups in total. The van der Waals surface area contributed by atoms with Crippen molar-refractivity contribution in [2.75, 3.05) is 39.6 Å². The van der Waals surface area contributed by atoms with Gasteiger partial charge in [-0.05, 0) is 69.1 Å². The van der Waals surface area contributed by atoms with Gasteiger partial charge in [-0.2, -0.15) is 0 Å². The molecule has 19 heteroatoms. The lowest BCUT2D eigenvalue weighted by atomic mass is 9.99. The summed E-state index contributed by atoms with van der Waals surface area (Å²) in [6, 6.07) is 0. The molecule has 0 aliphatic heterocycles. The summed E-state index contributed by atoms with van der Waals surface area (Å²) in [4.78, 5) is 72.8. The van der Waals surface area contributed by atoms with Crippen LogP contribution < -0.4 is 0 Å². The van der Waals surface area contributed by atoms with Crippen LogP contribution >= 0.6 is 15.6 Å². The Morgan fingerprint density at radius 2 is 0.602 bits per heavy atom. The molecule has 3 unspecified atom stereocenters. The van der Waals surface area contributed by atoms with Gasteiger partial charge in [-0.25, -0.2) is 9.13 Å². The molecule has 0 rings (SSSR count). The highest BCUT2D eigenvalue weighted by Crippen LogP contribution is 2.45. The third kappa shape index (κ3) is 70.6. The zero-order valence-corrected chi connectivity index (χ0v) is 65.5. The molecule has 0 bridgehead atoms. The molecule has 0 aromatic rings. The van der Waals surface area contributed by atoms with Crippen LogP contribution in [0.1, 0.15) is 382 Å². The lowest BCUT2D eigenvalue weighted by molar-refractivity contribution is -0.161. The number of hydrogen-bond donors (Lipinski definition) is 3. The molecule has 0 aromatic heterocycles. The van der Waals surface area contributed by atoms with Gasteiger partial charge in [-0.3, -0.25) is 37.3 Å². The standard InChI is InChI=1S/C79H150O17P2/c1-8-10-11-12-13-14-15-16-21-26-29-34-39-48-55-62-78(83)95-74(66-89-76(81)60-53-46-38-33-28-25-23-20-18-17-19-22-24-27-32-37-45-52-59-72(7)9-2)68-93-97(85,86)91-64-73(80)65-92-98(87,88)94-69-75(67-90-77(82)61-54-47-42-41-44-51-58-71(5)6)96-79(84)63-56-49-40-35-30-31-36-43-50-57-70(3)4/h14-16,21,70-75,80H,8-13,17-20,22-69H2,1-7H3,(H,85,86)(H,87,88)/b15-14-,21-16-/t72?,73-,74-,75-/m1/s1. The van der Waals surface area contributed by atoms with Crippen LogP contribution in [0.4, 0.5) is 0 Å². The van der Waals surface area contributed by atoms with Crippen LogP contribution in [-0.2, 0) is 65.4 Å². The number of carbonyl (C=O) groups is 4. The molecule has 0 fully saturated rings. The van der Waals surface area contributed by atoms with Crippen LogP contribution in [0.3, 0.4) is 0 Å². The minimum absolute atomic E-state index is 0.0851. The maximum atomic E-state index is 13.1. The predicted octanol–water partition coefficient (Wildman–Crippen LogP) is 22.9. The van der Waals surface area contributed by atoms with E-state index in [1.165, 1.54) is 173 Å². The average molecular weight is 1430 g/mol. The number of hydrogen-bond acceptors (Lipinski definition) is 15. The van der Waals surface area contributed by atoms with Crippen LogP contribution in [0, 0.1) is 17.8 Å². The summed E-state index contributed by atoms with van der Waals surface area (Å²) in [5, 5.41) is 10.6. The van der Waals surface area contributed by atoms with Crippen molar-refractivity contribution in [3.63, 3.8) is 0 Å². The largest absolute Gasteiger partial charge is 0.472 e. The average Bonchev–Trinajstić information content (AvgIpc) is 0.980. The third-order valence-corrected chi connectivity index (χ3v) is 20.0. The Hall–Kier alpha value is -2.46. The molecule has 0 saturated carbocycles. The van der Waals surface area contributed by atoms with E-state index in [0.29, 0.717) is 31.6 Å². The number of phosphoric ester groups is 2. The monoisotopic (exact) mass is 1430 g/mol. The molecule has 0 radical (unpaired) electrons. The number of unbranched alkanes of at least 4 members (excludes halogenated alkanes) is 39. The molecule has 0 aliphatic rings. The van der Waals surface area contributed by atoms with Gasteiger partial charge < -0.3 is 33.8 Å². The Kier molecular flexibility index (Phi) is 67.2. The molecule has 578 valence electrons. The van der Waals surface area contributed by atoms with Gasteiger partial charge in [0.2, 0.25) is 0 Å². The molecular formula is C79H150O17P2. The summed E-state index contributed by atoms with van der Waals surface area (Å²) in [6.07, 6.45) is 59.4. The summed E-state index contributed by atoms with van der Waals surface area (Å²) in [6.45, 7) is 11.8. The molecule has 17 nitrogen and oxygen atoms in total. The third-order valence-electron chi connectivity index (χ3n) is 18.1. The number of rotatable bonds is 75. The fraction of sp³-hybridized carbons (Fsp3) is 0.899. The molecule has 0 aliphatic carbocycles. The van der Waals surface area contributed by atoms with Crippen LogP contribution in [0.2, 0.25) is 0 Å². The Morgan fingerprint density at radius 1 is 0.337 bits per heavy atom. The molecule has 0 aromatic carbocycles. The van der Waals surface area contributed by atoms with Gasteiger partial charge in [0.15, 0.2) is 12.2 Å². The summed E-state index contributed by atoms with van der Waals surface area (Å²) < 4.78 is 68.5. The summed E-state index contributed by atoms with van der Waals surface area (Å²) in [7, 11) is -9.93. The highest BCUT2D eigenvalue weighted by Gasteiger charge is 2.30. The Balaban J connectivity index is 5.21. The first-order valence-corrected chi connectivity index (χ1v) is 43.2. The van der Waals surface area contributed by atoms with Crippen molar-refractivity contribution >= 4 is 39.5 Å². The summed E-state index contributed by atoms with van der Waals surface area (Å²) >= 11 is 0. The van der Waals surface area contributed by atoms with Crippen molar-refractivity contribution in [2.24, 2.45) is 17.8 Å². The second-order valence-electron chi connectivity index (χ2n) is 29.0. The number of aliphatic hydroxyl groups excluding tert-OH is 1. The first kappa shape index (κ1) is 95.5. The van der Waals surface area contributed by atoms with E-state index in [1.807, 2.05) is 0 Å². The number of ether oxygens (including phenoxy) is 4. The maximum absolute atomic E-state index is 13.1. The van der Waals surface area contributed by atoms with Crippen LogP contribution in [0.25, 0.3) is 0 Å². The van der Waals surface area contributed by atoms with E-state index in [9.17, 15) is 43.2 Å². The number of aliphatic hydroxyl groups is 1. The minimum atomic E-state index is -4.97. The molecule has 6 atom stereocenters. The van der Waals surface area contributed by atoms with E-state index >= 15 is 0 Å². The van der Waals surface area contributed by atoms with Crippen LogP contribution in [0.5, 0.6) is 0 Å². The number of carbonyl (C=O) groups excluding carboxylic acids is 4. The fourth-order valence-electron chi connectivity index (χ4n) is 11.6. The van der Waals surface area contributed by atoms with Crippen LogP contribution in [0.15, 0.2) is 24.3 Å². The fourth-order valence-corrected chi connectivity index (χ4v) is 13.1. The van der Waals surface area contributed by atoms with Gasteiger partial charge in [0.25, 0.3) is 0 Å². The highest BCUT2D eigenvalue weighted by molar-refractivity contribution is 7.47. The number of allylic oxidation sites excluding steroid dienone is 4. The zero-order valence-electron chi connectivity index (χ0n) is 63.7. The lowest BCUT2D eigenvalue weighted by Gasteiger charge is -2.21. The molecule has 0 spiro atoms. The van der Waals surface area contributed by atoms with E-state index in [2.05, 4.69) is 72.8 Å².